The number of alkyl carbamates (subject to hydrolysis) is 1. The van der Waals surface area contributed by atoms with Gasteiger partial charge in [0.25, 0.3) is 0 Å². The molecular formula is C12H25NO3. The van der Waals surface area contributed by atoms with Crippen molar-refractivity contribution in [3.8, 4) is 0 Å². The Morgan fingerprint density at radius 3 is 2.19 bits per heavy atom. The zero-order valence-electron chi connectivity index (χ0n) is 11.3. The normalized spacial score (nSPS) is 14.4. The number of amides is 1. The number of carbonyl (C=O) groups excluding carboxylic acids is 1. The maximum atomic E-state index is 11.3. The molecule has 4 heteroatoms. The second kappa shape index (κ2) is 5.53. The Morgan fingerprint density at radius 1 is 1.31 bits per heavy atom. The van der Waals surface area contributed by atoms with Gasteiger partial charge in [0.2, 0.25) is 0 Å². The summed E-state index contributed by atoms with van der Waals surface area (Å²) in [7, 11) is 0. The van der Waals surface area contributed by atoms with E-state index in [0.717, 1.165) is 0 Å². The summed E-state index contributed by atoms with van der Waals surface area (Å²) in [5, 5.41) is 12.3. The number of hydrogen-bond acceptors (Lipinski definition) is 3. The monoisotopic (exact) mass is 231 g/mol. The van der Waals surface area contributed by atoms with Gasteiger partial charge in [-0.1, -0.05) is 6.92 Å². The van der Waals surface area contributed by atoms with E-state index in [2.05, 4.69) is 5.32 Å². The zero-order chi connectivity index (χ0) is 13.0. The number of hydrogen-bond donors (Lipinski definition) is 2. The highest BCUT2D eigenvalue weighted by Crippen LogP contribution is 2.15. The summed E-state index contributed by atoms with van der Waals surface area (Å²) < 4.78 is 5.11. The van der Waals surface area contributed by atoms with Gasteiger partial charge < -0.3 is 15.2 Å². The van der Waals surface area contributed by atoms with Crippen molar-refractivity contribution in [1.29, 1.82) is 0 Å². The molecule has 0 bridgehead atoms. The van der Waals surface area contributed by atoms with E-state index < -0.39 is 17.3 Å². The van der Waals surface area contributed by atoms with Gasteiger partial charge in [0, 0.05) is 6.54 Å². The summed E-state index contributed by atoms with van der Waals surface area (Å²) >= 11 is 0. The van der Waals surface area contributed by atoms with Crippen LogP contribution in [0.2, 0.25) is 0 Å². The maximum absolute atomic E-state index is 11.3. The standard InChI is InChI=1S/C12H25NO3/c1-9(7-12(5,6)15)8-13-10(14)16-11(2,3)4/h9,15H,7-8H2,1-6H3,(H,13,14). The SMILES string of the molecule is CC(CNC(=O)OC(C)(C)C)CC(C)(C)O. The maximum Gasteiger partial charge on any atom is 0.407 e. The van der Waals surface area contributed by atoms with Crippen LogP contribution >= 0.6 is 0 Å². The molecule has 0 heterocycles. The van der Waals surface area contributed by atoms with Crippen LogP contribution in [0.15, 0.2) is 0 Å². The molecule has 0 aromatic carbocycles. The van der Waals surface area contributed by atoms with Crippen molar-refractivity contribution >= 4 is 6.09 Å². The Labute approximate surface area is 98.4 Å². The summed E-state index contributed by atoms with van der Waals surface area (Å²) in [6.45, 7) is 11.5. The van der Waals surface area contributed by atoms with Crippen LogP contribution < -0.4 is 5.32 Å². The van der Waals surface area contributed by atoms with E-state index in [1.807, 2.05) is 27.7 Å². The van der Waals surface area contributed by atoms with Gasteiger partial charge in [0.05, 0.1) is 5.60 Å². The smallest absolute Gasteiger partial charge is 0.407 e. The molecule has 0 rings (SSSR count). The first kappa shape index (κ1) is 15.2. The summed E-state index contributed by atoms with van der Waals surface area (Å²) in [5.74, 6) is 0.215. The molecule has 0 aromatic rings. The van der Waals surface area contributed by atoms with Crippen LogP contribution in [0.5, 0.6) is 0 Å². The molecule has 0 saturated heterocycles. The Morgan fingerprint density at radius 2 is 1.81 bits per heavy atom. The van der Waals surface area contributed by atoms with Gasteiger partial charge >= 0.3 is 6.09 Å². The number of aliphatic hydroxyl groups is 1. The Kier molecular flexibility index (Phi) is 5.26. The van der Waals surface area contributed by atoms with E-state index in [0.29, 0.717) is 13.0 Å². The van der Waals surface area contributed by atoms with Gasteiger partial charge in [0.15, 0.2) is 0 Å². The number of nitrogens with one attached hydrogen (secondary N) is 1. The van der Waals surface area contributed by atoms with Crippen LogP contribution in [-0.4, -0.2) is 28.9 Å². The van der Waals surface area contributed by atoms with Crippen LogP contribution in [0.4, 0.5) is 4.79 Å². The average Bonchev–Trinajstić information content (AvgIpc) is 1.94. The van der Waals surface area contributed by atoms with E-state index >= 15 is 0 Å². The van der Waals surface area contributed by atoms with Crippen LogP contribution in [-0.2, 0) is 4.74 Å². The minimum atomic E-state index is -0.699. The Hall–Kier alpha value is -0.770. The molecule has 0 aromatic heterocycles. The van der Waals surface area contributed by atoms with E-state index in [-0.39, 0.29) is 5.92 Å². The second-order valence-electron chi connectivity index (χ2n) is 6.00. The third-order valence-corrected chi connectivity index (χ3v) is 1.84. The van der Waals surface area contributed by atoms with Crippen molar-refractivity contribution in [2.75, 3.05) is 6.54 Å². The fraction of sp³-hybridized carbons (Fsp3) is 0.917. The first-order valence-corrected chi connectivity index (χ1v) is 5.69. The second-order valence-corrected chi connectivity index (χ2v) is 6.00. The fourth-order valence-electron chi connectivity index (χ4n) is 1.50. The molecule has 0 aliphatic heterocycles. The molecule has 0 aliphatic rings. The third-order valence-electron chi connectivity index (χ3n) is 1.84. The molecule has 0 saturated carbocycles. The molecule has 0 spiro atoms. The Balaban J connectivity index is 3.85. The number of rotatable bonds is 4. The molecule has 1 unspecified atom stereocenters. The molecule has 1 atom stereocenters. The highest BCUT2D eigenvalue weighted by molar-refractivity contribution is 5.67. The molecule has 96 valence electrons. The summed E-state index contributed by atoms with van der Waals surface area (Å²) in [5.41, 5.74) is -1.17. The first-order chi connectivity index (χ1) is 6.99. The van der Waals surface area contributed by atoms with Gasteiger partial charge in [-0.15, -0.1) is 0 Å². The summed E-state index contributed by atoms with van der Waals surface area (Å²) in [4.78, 5) is 11.3. The fourth-order valence-corrected chi connectivity index (χ4v) is 1.50. The van der Waals surface area contributed by atoms with Crippen LogP contribution in [0, 0.1) is 5.92 Å². The van der Waals surface area contributed by atoms with Gasteiger partial charge in [-0.2, -0.15) is 0 Å². The summed E-state index contributed by atoms with van der Waals surface area (Å²) in [6.07, 6.45) is 0.234. The summed E-state index contributed by atoms with van der Waals surface area (Å²) in [6, 6.07) is 0. The molecule has 4 nitrogen and oxygen atoms in total. The highest BCUT2D eigenvalue weighted by Gasteiger charge is 2.19. The molecule has 0 aliphatic carbocycles. The lowest BCUT2D eigenvalue weighted by Crippen LogP contribution is -2.36. The van der Waals surface area contributed by atoms with E-state index in [9.17, 15) is 9.90 Å². The van der Waals surface area contributed by atoms with Crippen molar-refractivity contribution in [3.63, 3.8) is 0 Å². The molecule has 16 heavy (non-hydrogen) atoms. The highest BCUT2D eigenvalue weighted by atomic mass is 16.6. The lowest BCUT2D eigenvalue weighted by Gasteiger charge is -2.24. The van der Waals surface area contributed by atoms with Crippen molar-refractivity contribution < 1.29 is 14.6 Å². The van der Waals surface area contributed by atoms with Gasteiger partial charge in [-0.05, 0) is 47.0 Å². The largest absolute Gasteiger partial charge is 0.444 e. The number of carbonyl (C=O) groups is 1. The van der Waals surface area contributed by atoms with Crippen LogP contribution in [0.25, 0.3) is 0 Å². The third kappa shape index (κ3) is 9.77. The predicted molar refractivity (Wildman–Crippen MR) is 64.3 cm³/mol. The van der Waals surface area contributed by atoms with E-state index in [1.165, 1.54) is 0 Å². The molecule has 0 radical (unpaired) electrons. The average molecular weight is 231 g/mol. The van der Waals surface area contributed by atoms with Crippen molar-refractivity contribution in [2.24, 2.45) is 5.92 Å². The van der Waals surface area contributed by atoms with E-state index in [4.69, 9.17) is 4.74 Å². The molecule has 1 amide bonds. The minimum absolute atomic E-state index is 0.215. The van der Waals surface area contributed by atoms with Gasteiger partial charge in [0.1, 0.15) is 5.60 Å². The Bertz CT molecular complexity index is 225. The molecule has 0 fully saturated rings. The zero-order valence-corrected chi connectivity index (χ0v) is 11.3. The van der Waals surface area contributed by atoms with Crippen molar-refractivity contribution in [2.45, 2.75) is 59.2 Å². The predicted octanol–water partition coefficient (Wildman–Crippen LogP) is 2.31. The lowest BCUT2D eigenvalue weighted by atomic mass is 9.95. The molecular weight excluding hydrogens is 206 g/mol. The topological polar surface area (TPSA) is 58.6 Å². The first-order valence-electron chi connectivity index (χ1n) is 5.69. The molecule has 2 N–H and O–H groups in total. The van der Waals surface area contributed by atoms with Crippen LogP contribution in [0.1, 0.15) is 48.0 Å². The number of ether oxygens (including phenoxy) is 1. The quantitative estimate of drug-likeness (QED) is 0.780. The lowest BCUT2D eigenvalue weighted by molar-refractivity contribution is 0.0440. The van der Waals surface area contributed by atoms with Gasteiger partial charge in [-0.3, -0.25) is 0 Å². The minimum Gasteiger partial charge on any atom is -0.444 e. The van der Waals surface area contributed by atoms with E-state index in [1.54, 1.807) is 13.8 Å². The van der Waals surface area contributed by atoms with Crippen molar-refractivity contribution in [3.05, 3.63) is 0 Å². The van der Waals surface area contributed by atoms with Crippen LogP contribution in [0.3, 0.4) is 0 Å². The van der Waals surface area contributed by atoms with Crippen molar-refractivity contribution in [1.82, 2.24) is 5.32 Å². The van der Waals surface area contributed by atoms with Gasteiger partial charge in [-0.25, -0.2) is 4.79 Å².